The van der Waals surface area contributed by atoms with Gasteiger partial charge in [0.25, 0.3) is 5.91 Å². The van der Waals surface area contributed by atoms with Crippen LogP contribution in [0, 0.1) is 6.92 Å². The molecule has 11 heteroatoms. The number of hydrogen-bond donors (Lipinski definition) is 1. The number of nitrogens with one attached hydrogen (secondary N) is 1. The van der Waals surface area contributed by atoms with Crippen LogP contribution in [0.4, 0.5) is 0 Å². The number of rotatable bonds is 7. The Hall–Kier alpha value is -3.14. The number of aryl methyl sites for hydroxylation is 1. The van der Waals surface area contributed by atoms with E-state index in [4.69, 9.17) is 23.2 Å². The molecule has 0 aliphatic carbocycles. The predicted molar refractivity (Wildman–Crippen MR) is 131 cm³/mol. The monoisotopic (exact) mass is 499 g/mol. The summed E-state index contributed by atoms with van der Waals surface area (Å²) in [5, 5.41) is 18.5. The zero-order valence-corrected chi connectivity index (χ0v) is 20.1. The highest BCUT2D eigenvalue weighted by Crippen LogP contribution is 2.25. The molecule has 0 fully saturated rings. The van der Waals surface area contributed by atoms with Crippen molar-refractivity contribution in [3.05, 3.63) is 76.0 Å². The molecule has 0 unspecified atom stereocenters. The number of benzene rings is 2. The van der Waals surface area contributed by atoms with Crippen LogP contribution in [0.3, 0.4) is 0 Å². The van der Waals surface area contributed by atoms with Crippen LogP contribution in [0.25, 0.3) is 17.1 Å². The fourth-order valence-electron chi connectivity index (χ4n) is 3.05. The molecule has 8 nitrogen and oxygen atoms in total. The molecule has 0 bridgehead atoms. The van der Waals surface area contributed by atoms with Gasteiger partial charge in [0.15, 0.2) is 11.0 Å². The molecule has 2 aromatic heterocycles. The molecule has 33 heavy (non-hydrogen) atoms. The van der Waals surface area contributed by atoms with Gasteiger partial charge in [0, 0.05) is 17.6 Å². The molecule has 0 saturated carbocycles. The van der Waals surface area contributed by atoms with E-state index in [1.165, 1.54) is 18.0 Å². The average molecular weight is 500 g/mol. The van der Waals surface area contributed by atoms with E-state index in [1.807, 2.05) is 67.1 Å². The van der Waals surface area contributed by atoms with Crippen molar-refractivity contribution in [2.24, 2.45) is 12.1 Å². The molecular formula is C22H19Cl2N7OS. The normalized spacial score (nSPS) is 11.3. The summed E-state index contributed by atoms with van der Waals surface area (Å²) in [5.74, 6) is 0.501. The number of carbonyl (C=O) groups is 1. The lowest BCUT2D eigenvalue weighted by Gasteiger charge is -2.04. The molecule has 2 aromatic carbocycles. The van der Waals surface area contributed by atoms with Gasteiger partial charge < -0.3 is 4.57 Å². The van der Waals surface area contributed by atoms with Gasteiger partial charge in [-0.1, -0.05) is 65.3 Å². The second-order valence-electron chi connectivity index (χ2n) is 6.99. The van der Waals surface area contributed by atoms with Gasteiger partial charge in [-0.05, 0) is 31.2 Å². The number of para-hydroxylation sites is 1. The fourth-order valence-corrected chi connectivity index (χ4v) is 4.26. The molecule has 0 atom stereocenters. The van der Waals surface area contributed by atoms with E-state index >= 15 is 0 Å². The maximum Gasteiger partial charge on any atom is 0.250 e. The molecular weight excluding hydrogens is 481 g/mol. The quantitative estimate of drug-likeness (QED) is 0.229. The summed E-state index contributed by atoms with van der Waals surface area (Å²) in [4.78, 5) is 12.3. The topological polar surface area (TPSA) is 90.0 Å². The summed E-state index contributed by atoms with van der Waals surface area (Å²) in [5.41, 5.74) is 5.53. The molecule has 1 N–H and O–H groups in total. The largest absolute Gasteiger partial charge is 0.305 e. The van der Waals surface area contributed by atoms with Crippen molar-refractivity contribution in [1.29, 1.82) is 0 Å². The molecule has 2 heterocycles. The average Bonchev–Trinajstić information content (AvgIpc) is 3.32. The molecule has 0 radical (unpaired) electrons. The first-order valence-corrected chi connectivity index (χ1v) is 11.6. The van der Waals surface area contributed by atoms with Gasteiger partial charge in [0.2, 0.25) is 0 Å². The van der Waals surface area contributed by atoms with Gasteiger partial charge in [-0.3, -0.25) is 4.79 Å². The highest BCUT2D eigenvalue weighted by molar-refractivity contribution is 7.99. The Labute approximate surface area is 204 Å². The minimum atomic E-state index is -0.284. The summed E-state index contributed by atoms with van der Waals surface area (Å²) in [6.07, 6.45) is 1.49. The summed E-state index contributed by atoms with van der Waals surface area (Å²) in [6.45, 7) is 1.83. The van der Waals surface area contributed by atoms with Crippen LogP contribution in [-0.2, 0) is 11.8 Å². The molecule has 0 spiro atoms. The first-order valence-electron chi connectivity index (χ1n) is 9.84. The summed E-state index contributed by atoms with van der Waals surface area (Å²) < 4.78 is 3.44. The number of amides is 1. The second kappa shape index (κ2) is 10.2. The standard InChI is InChI=1S/C22H19Cl2N7OS/c1-14-18(20(24)31(29-14)17-9-4-3-5-10-17)12-25-26-19(32)13-33-22-28-27-21(30(22)2)15-7-6-8-16(23)11-15/h3-12H,13H2,1-2H3,(H,26,32). The van der Waals surface area contributed by atoms with Gasteiger partial charge >= 0.3 is 0 Å². The van der Waals surface area contributed by atoms with Crippen molar-refractivity contribution >= 4 is 47.1 Å². The lowest BCUT2D eigenvalue weighted by atomic mass is 10.2. The highest BCUT2D eigenvalue weighted by atomic mass is 35.5. The highest BCUT2D eigenvalue weighted by Gasteiger charge is 2.14. The van der Waals surface area contributed by atoms with Gasteiger partial charge in [-0.25, -0.2) is 10.1 Å². The number of carbonyl (C=O) groups excluding carboxylic acids is 1. The predicted octanol–water partition coefficient (Wildman–Crippen LogP) is 4.53. The van der Waals surface area contributed by atoms with E-state index in [-0.39, 0.29) is 11.7 Å². The Morgan fingerprint density at radius 2 is 1.94 bits per heavy atom. The zero-order valence-electron chi connectivity index (χ0n) is 17.7. The van der Waals surface area contributed by atoms with E-state index in [1.54, 1.807) is 10.7 Å². The SMILES string of the molecule is Cc1nn(-c2ccccc2)c(Cl)c1C=NNC(=O)CSc1nnc(-c2cccc(Cl)c2)n1C. The lowest BCUT2D eigenvalue weighted by molar-refractivity contribution is -0.118. The van der Waals surface area contributed by atoms with E-state index in [0.29, 0.717) is 32.4 Å². The third kappa shape index (κ3) is 5.27. The summed E-state index contributed by atoms with van der Waals surface area (Å²) in [7, 11) is 1.84. The zero-order chi connectivity index (χ0) is 23.4. The van der Waals surface area contributed by atoms with Crippen molar-refractivity contribution in [2.75, 3.05) is 5.75 Å². The first-order chi connectivity index (χ1) is 15.9. The number of thioether (sulfide) groups is 1. The van der Waals surface area contributed by atoms with Crippen LogP contribution < -0.4 is 5.43 Å². The van der Waals surface area contributed by atoms with Crippen molar-refractivity contribution in [3.63, 3.8) is 0 Å². The van der Waals surface area contributed by atoms with Gasteiger partial charge in [0.05, 0.1) is 28.9 Å². The van der Waals surface area contributed by atoms with Crippen LogP contribution in [0.5, 0.6) is 0 Å². The van der Waals surface area contributed by atoms with Gasteiger partial charge in [-0.15, -0.1) is 10.2 Å². The molecule has 4 rings (SSSR count). The summed E-state index contributed by atoms with van der Waals surface area (Å²) >= 11 is 13.8. The maximum absolute atomic E-state index is 12.3. The van der Waals surface area contributed by atoms with Crippen LogP contribution in [0.2, 0.25) is 10.2 Å². The number of hydrazone groups is 1. The Morgan fingerprint density at radius 1 is 1.15 bits per heavy atom. The lowest BCUT2D eigenvalue weighted by Crippen LogP contribution is -2.20. The third-order valence-corrected chi connectivity index (χ3v) is 6.30. The van der Waals surface area contributed by atoms with Crippen molar-refractivity contribution in [1.82, 2.24) is 30.0 Å². The molecule has 0 aliphatic heterocycles. The Balaban J connectivity index is 1.37. The van der Waals surface area contributed by atoms with Gasteiger partial charge in [0.1, 0.15) is 5.15 Å². The first kappa shape index (κ1) is 23.0. The Bertz CT molecular complexity index is 1320. The maximum atomic E-state index is 12.3. The van der Waals surface area contributed by atoms with Crippen LogP contribution >= 0.6 is 35.0 Å². The van der Waals surface area contributed by atoms with Crippen LogP contribution in [0.1, 0.15) is 11.3 Å². The van der Waals surface area contributed by atoms with E-state index in [0.717, 1.165) is 11.3 Å². The minimum Gasteiger partial charge on any atom is -0.305 e. The minimum absolute atomic E-state index is 0.120. The van der Waals surface area contributed by atoms with Crippen LogP contribution in [0.15, 0.2) is 64.9 Å². The smallest absolute Gasteiger partial charge is 0.250 e. The third-order valence-electron chi connectivity index (χ3n) is 4.68. The van der Waals surface area contributed by atoms with E-state index in [9.17, 15) is 4.79 Å². The second-order valence-corrected chi connectivity index (χ2v) is 8.73. The summed E-state index contributed by atoms with van der Waals surface area (Å²) in [6, 6.07) is 16.9. The molecule has 1 amide bonds. The van der Waals surface area contributed by atoms with Crippen molar-refractivity contribution in [3.8, 4) is 17.1 Å². The van der Waals surface area contributed by atoms with Gasteiger partial charge in [-0.2, -0.15) is 10.2 Å². The number of halogens is 2. The fraction of sp³-hybridized carbons (Fsp3) is 0.136. The molecule has 0 saturated heterocycles. The van der Waals surface area contributed by atoms with Crippen molar-refractivity contribution in [2.45, 2.75) is 12.1 Å². The van der Waals surface area contributed by atoms with Crippen LogP contribution in [-0.4, -0.2) is 42.4 Å². The Kier molecular flexibility index (Phi) is 7.12. The number of hydrogen-bond acceptors (Lipinski definition) is 6. The molecule has 4 aromatic rings. The number of nitrogens with zero attached hydrogens (tertiary/aromatic N) is 6. The Morgan fingerprint density at radius 3 is 2.70 bits per heavy atom. The van der Waals surface area contributed by atoms with Crippen molar-refractivity contribution < 1.29 is 4.79 Å². The number of aromatic nitrogens is 5. The van der Waals surface area contributed by atoms with E-state index in [2.05, 4.69) is 25.8 Å². The molecule has 0 aliphatic rings. The molecule has 168 valence electrons. The van der Waals surface area contributed by atoms with E-state index < -0.39 is 0 Å².